The van der Waals surface area contributed by atoms with Gasteiger partial charge in [-0.3, -0.25) is 0 Å². The molecule has 22 heavy (non-hydrogen) atoms. The number of benzene rings is 2. The number of hydrogen-bond donors (Lipinski definition) is 0. The van der Waals surface area contributed by atoms with E-state index < -0.39 is 0 Å². The summed E-state index contributed by atoms with van der Waals surface area (Å²) in [5.74, 6) is 0. The lowest BCUT2D eigenvalue weighted by Gasteiger charge is -2.33. The van der Waals surface area contributed by atoms with Crippen molar-refractivity contribution in [2.24, 2.45) is 0 Å². The summed E-state index contributed by atoms with van der Waals surface area (Å²) in [6, 6.07) is 16.4. The monoisotopic (exact) mass is 292 g/mol. The third-order valence-electron chi connectivity index (χ3n) is 6.02. The van der Waals surface area contributed by atoms with Gasteiger partial charge in [-0.05, 0) is 55.2 Å². The maximum atomic E-state index is 2.45. The van der Waals surface area contributed by atoms with Gasteiger partial charge in [-0.1, -0.05) is 74.4 Å². The zero-order valence-corrected chi connectivity index (χ0v) is 14.7. The van der Waals surface area contributed by atoms with Crippen LogP contribution in [-0.4, -0.2) is 0 Å². The highest BCUT2D eigenvalue weighted by Crippen LogP contribution is 2.56. The van der Waals surface area contributed by atoms with E-state index in [9.17, 15) is 0 Å². The van der Waals surface area contributed by atoms with Gasteiger partial charge in [0.2, 0.25) is 0 Å². The summed E-state index contributed by atoms with van der Waals surface area (Å²) >= 11 is 0. The van der Waals surface area contributed by atoms with Crippen molar-refractivity contribution in [3.8, 4) is 0 Å². The van der Waals surface area contributed by atoms with Crippen LogP contribution in [-0.2, 0) is 10.8 Å². The molecule has 0 aromatic heterocycles. The standard InChI is InChI=1S/C22H28/c1-6-21(5)15-22(7-2,18-11-8-16(3)9-12-18)20-14-17(4)10-13-19(20)21/h8-14H,6-7,15H2,1-5H3. The van der Waals surface area contributed by atoms with Gasteiger partial charge in [-0.25, -0.2) is 0 Å². The molecule has 0 bridgehead atoms. The van der Waals surface area contributed by atoms with E-state index in [1.54, 1.807) is 11.1 Å². The summed E-state index contributed by atoms with van der Waals surface area (Å²) in [6.07, 6.45) is 3.60. The molecule has 0 N–H and O–H groups in total. The molecule has 0 nitrogen and oxygen atoms in total. The van der Waals surface area contributed by atoms with Gasteiger partial charge in [0.25, 0.3) is 0 Å². The number of aryl methyl sites for hydroxylation is 2. The summed E-state index contributed by atoms with van der Waals surface area (Å²) in [5.41, 5.74) is 7.83. The summed E-state index contributed by atoms with van der Waals surface area (Å²) in [4.78, 5) is 0. The van der Waals surface area contributed by atoms with Gasteiger partial charge >= 0.3 is 0 Å². The first kappa shape index (κ1) is 15.3. The minimum absolute atomic E-state index is 0.180. The van der Waals surface area contributed by atoms with E-state index >= 15 is 0 Å². The van der Waals surface area contributed by atoms with Crippen molar-refractivity contribution in [3.63, 3.8) is 0 Å². The number of fused-ring (bicyclic) bond motifs is 1. The maximum Gasteiger partial charge on any atom is 0.0211 e. The predicted molar refractivity (Wildman–Crippen MR) is 95.7 cm³/mol. The van der Waals surface area contributed by atoms with Crippen molar-refractivity contribution in [3.05, 3.63) is 70.3 Å². The Morgan fingerprint density at radius 3 is 2.05 bits per heavy atom. The topological polar surface area (TPSA) is 0 Å². The normalized spacial score (nSPS) is 27.0. The fourth-order valence-corrected chi connectivity index (χ4v) is 4.40. The zero-order valence-electron chi connectivity index (χ0n) is 14.7. The summed E-state index contributed by atoms with van der Waals surface area (Å²) in [5, 5.41) is 0. The first-order chi connectivity index (χ1) is 10.4. The lowest BCUT2D eigenvalue weighted by Crippen LogP contribution is -2.27. The van der Waals surface area contributed by atoms with Gasteiger partial charge in [-0.15, -0.1) is 0 Å². The van der Waals surface area contributed by atoms with E-state index in [1.807, 2.05) is 0 Å². The van der Waals surface area contributed by atoms with Crippen LogP contribution in [0.25, 0.3) is 0 Å². The Hall–Kier alpha value is -1.56. The molecule has 0 heteroatoms. The molecule has 2 unspecified atom stereocenters. The van der Waals surface area contributed by atoms with Crippen molar-refractivity contribution in [1.82, 2.24) is 0 Å². The molecule has 2 aromatic rings. The molecule has 0 saturated heterocycles. The molecular formula is C22H28. The first-order valence-corrected chi connectivity index (χ1v) is 8.64. The van der Waals surface area contributed by atoms with Crippen LogP contribution in [0.3, 0.4) is 0 Å². The second-order valence-electron chi connectivity index (χ2n) is 7.44. The Morgan fingerprint density at radius 1 is 0.818 bits per heavy atom. The minimum Gasteiger partial charge on any atom is -0.0645 e. The molecule has 116 valence electrons. The first-order valence-electron chi connectivity index (χ1n) is 8.64. The molecule has 2 aromatic carbocycles. The third kappa shape index (κ3) is 2.12. The lowest BCUT2D eigenvalue weighted by atomic mass is 9.70. The second-order valence-corrected chi connectivity index (χ2v) is 7.44. The molecule has 0 fully saturated rings. The minimum atomic E-state index is 0.180. The van der Waals surface area contributed by atoms with E-state index in [4.69, 9.17) is 0 Å². The van der Waals surface area contributed by atoms with Crippen molar-refractivity contribution < 1.29 is 0 Å². The van der Waals surface area contributed by atoms with Crippen molar-refractivity contribution in [2.75, 3.05) is 0 Å². The van der Waals surface area contributed by atoms with Gasteiger partial charge in [0.15, 0.2) is 0 Å². The van der Waals surface area contributed by atoms with Crippen LogP contribution >= 0.6 is 0 Å². The largest absolute Gasteiger partial charge is 0.0645 e. The fraction of sp³-hybridized carbons (Fsp3) is 0.455. The van der Waals surface area contributed by atoms with Crippen LogP contribution < -0.4 is 0 Å². The van der Waals surface area contributed by atoms with Crippen LogP contribution in [0.2, 0.25) is 0 Å². The molecular weight excluding hydrogens is 264 g/mol. The highest BCUT2D eigenvalue weighted by molar-refractivity contribution is 5.53. The quantitative estimate of drug-likeness (QED) is 0.644. The van der Waals surface area contributed by atoms with E-state index in [0.717, 1.165) is 0 Å². The van der Waals surface area contributed by atoms with Crippen LogP contribution in [0, 0.1) is 13.8 Å². The Labute approximate surface area is 135 Å². The highest BCUT2D eigenvalue weighted by atomic mass is 14.5. The van der Waals surface area contributed by atoms with E-state index in [2.05, 4.69) is 77.1 Å². The van der Waals surface area contributed by atoms with Crippen LogP contribution in [0.15, 0.2) is 42.5 Å². The van der Waals surface area contributed by atoms with Gasteiger partial charge in [0, 0.05) is 5.41 Å². The van der Waals surface area contributed by atoms with Crippen LogP contribution in [0.1, 0.15) is 67.9 Å². The Kier molecular flexibility index (Phi) is 3.67. The van der Waals surface area contributed by atoms with Crippen LogP contribution in [0.5, 0.6) is 0 Å². The van der Waals surface area contributed by atoms with Gasteiger partial charge < -0.3 is 0 Å². The molecule has 2 atom stereocenters. The molecule has 0 aliphatic heterocycles. The van der Waals surface area contributed by atoms with Crippen LogP contribution in [0.4, 0.5) is 0 Å². The van der Waals surface area contributed by atoms with Gasteiger partial charge in [-0.2, -0.15) is 0 Å². The summed E-state index contributed by atoms with van der Waals surface area (Å²) in [6.45, 7) is 11.5. The van der Waals surface area contributed by atoms with Crippen molar-refractivity contribution in [1.29, 1.82) is 0 Å². The SMILES string of the molecule is CCC1(C)CC(CC)(c2ccc(C)cc2)c2cc(C)ccc21. The summed E-state index contributed by atoms with van der Waals surface area (Å²) in [7, 11) is 0. The molecule has 0 spiro atoms. The molecule has 3 rings (SSSR count). The van der Waals surface area contributed by atoms with E-state index in [-0.39, 0.29) is 5.41 Å². The van der Waals surface area contributed by atoms with Gasteiger partial charge in [0.05, 0.1) is 0 Å². The Bertz CT molecular complexity index is 680. The lowest BCUT2D eigenvalue weighted by molar-refractivity contribution is 0.358. The molecule has 0 radical (unpaired) electrons. The van der Waals surface area contributed by atoms with Crippen molar-refractivity contribution >= 4 is 0 Å². The maximum absolute atomic E-state index is 2.45. The average molecular weight is 292 g/mol. The summed E-state index contributed by atoms with van der Waals surface area (Å²) < 4.78 is 0. The average Bonchev–Trinajstić information content (AvgIpc) is 2.78. The molecule has 1 aliphatic carbocycles. The molecule has 0 amide bonds. The zero-order chi connectivity index (χ0) is 16.0. The molecule has 1 aliphatic rings. The smallest absolute Gasteiger partial charge is 0.0211 e. The Morgan fingerprint density at radius 2 is 1.45 bits per heavy atom. The van der Waals surface area contributed by atoms with E-state index in [0.29, 0.717) is 5.41 Å². The van der Waals surface area contributed by atoms with Gasteiger partial charge in [0.1, 0.15) is 0 Å². The van der Waals surface area contributed by atoms with Crippen molar-refractivity contribution in [2.45, 2.75) is 64.7 Å². The second kappa shape index (κ2) is 5.26. The van der Waals surface area contributed by atoms with E-state index in [1.165, 1.54) is 36.0 Å². The fourth-order valence-electron chi connectivity index (χ4n) is 4.40. The molecule has 0 heterocycles. The number of rotatable bonds is 3. The Balaban J connectivity index is 2.25. The molecule has 0 saturated carbocycles. The number of hydrogen-bond acceptors (Lipinski definition) is 0. The third-order valence-corrected chi connectivity index (χ3v) is 6.02. The highest BCUT2D eigenvalue weighted by Gasteiger charge is 2.48. The predicted octanol–water partition coefficient (Wildman–Crippen LogP) is 6.07.